The van der Waals surface area contributed by atoms with E-state index in [9.17, 15) is 0 Å². The lowest BCUT2D eigenvalue weighted by molar-refractivity contribution is -0.0920. The molecule has 1 saturated carbocycles. The van der Waals surface area contributed by atoms with Crippen LogP contribution in [0, 0.1) is 11.8 Å². The van der Waals surface area contributed by atoms with Crippen molar-refractivity contribution >= 4 is 0 Å². The molecule has 1 nitrogen and oxygen atoms in total. The summed E-state index contributed by atoms with van der Waals surface area (Å²) < 4.78 is 5.59. The maximum atomic E-state index is 5.59. The van der Waals surface area contributed by atoms with E-state index >= 15 is 0 Å². The van der Waals surface area contributed by atoms with Gasteiger partial charge in [-0.1, -0.05) is 19.8 Å². The molecule has 2 unspecified atom stereocenters. The van der Waals surface area contributed by atoms with E-state index in [1.807, 2.05) is 0 Å². The molecule has 12 heavy (non-hydrogen) atoms. The third-order valence-electron chi connectivity index (χ3n) is 3.33. The van der Waals surface area contributed by atoms with E-state index in [-0.39, 0.29) is 0 Å². The number of rotatable bonds is 5. The molecule has 0 amide bonds. The zero-order valence-electron chi connectivity index (χ0n) is 8.09. The van der Waals surface area contributed by atoms with E-state index in [0.717, 1.165) is 18.4 Å². The molecule has 0 aromatic heterocycles. The van der Waals surface area contributed by atoms with Gasteiger partial charge in [0.1, 0.15) is 0 Å². The monoisotopic (exact) mass is 168 g/mol. The van der Waals surface area contributed by atoms with Gasteiger partial charge in [0.25, 0.3) is 0 Å². The summed E-state index contributed by atoms with van der Waals surface area (Å²) in [6.07, 6.45) is 9.12. The Kier molecular flexibility index (Phi) is 2.69. The second-order valence-electron chi connectivity index (χ2n) is 4.34. The highest BCUT2D eigenvalue weighted by atomic mass is 16.5. The quantitative estimate of drug-likeness (QED) is 0.613. The highest BCUT2D eigenvalue weighted by Gasteiger charge is 2.38. The second-order valence-corrected chi connectivity index (χ2v) is 4.34. The topological polar surface area (TPSA) is 9.23 Å². The molecule has 0 spiro atoms. The lowest BCUT2D eigenvalue weighted by Gasteiger charge is -2.34. The SMILES string of the molecule is CCCCC(C1CC1)C1CCO1. The number of ether oxygens (including phenoxy) is 1. The molecule has 1 aliphatic heterocycles. The van der Waals surface area contributed by atoms with Crippen molar-refractivity contribution in [1.82, 2.24) is 0 Å². The van der Waals surface area contributed by atoms with Crippen molar-refractivity contribution in [2.75, 3.05) is 6.61 Å². The summed E-state index contributed by atoms with van der Waals surface area (Å²) in [6, 6.07) is 0. The number of unbranched alkanes of at least 4 members (excludes halogenated alkanes) is 1. The average molecular weight is 168 g/mol. The molecule has 1 heteroatoms. The number of hydrogen-bond acceptors (Lipinski definition) is 1. The molecule has 2 atom stereocenters. The van der Waals surface area contributed by atoms with Gasteiger partial charge in [-0.3, -0.25) is 0 Å². The third-order valence-corrected chi connectivity index (χ3v) is 3.33. The van der Waals surface area contributed by atoms with Crippen LogP contribution in [-0.2, 0) is 4.74 Å². The fourth-order valence-electron chi connectivity index (χ4n) is 2.28. The Morgan fingerprint density at radius 1 is 1.33 bits per heavy atom. The normalized spacial score (nSPS) is 31.2. The van der Waals surface area contributed by atoms with E-state index < -0.39 is 0 Å². The standard InChI is InChI=1S/C11H20O/c1-2-3-4-10(9-5-6-9)11-7-8-12-11/h9-11H,2-8H2,1H3. The Labute approximate surface area is 75.5 Å². The van der Waals surface area contributed by atoms with Gasteiger partial charge in [0.2, 0.25) is 0 Å². The molecule has 0 aromatic carbocycles. The van der Waals surface area contributed by atoms with Crippen LogP contribution in [0.4, 0.5) is 0 Å². The van der Waals surface area contributed by atoms with Gasteiger partial charge in [-0.25, -0.2) is 0 Å². The largest absolute Gasteiger partial charge is 0.378 e. The fraction of sp³-hybridized carbons (Fsp3) is 1.00. The second kappa shape index (κ2) is 3.78. The van der Waals surface area contributed by atoms with Crippen LogP contribution in [0.5, 0.6) is 0 Å². The molecule has 2 aliphatic rings. The third kappa shape index (κ3) is 1.82. The van der Waals surface area contributed by atoms with Crippen LogP contribution in [0.25, 0.3) is 0 Å². The maximum Gasteiger partial charge on any atom is 0.0627 e. The molecule has 70 valence electrons. The minimum atomic E-state index is 0.657. The van der Waals surface area contributed by atoms with Crippen molar-refractivity contribution in [2.45, 2.75) is 51.6 Å². The van der Waals surface area contributed by atoms with E-state index in [1.165, 1.54) is 38.5 Å². The van der Waals surface area contributed by atoms with Crippen LogP contribution in [0.15, 0.2) is 0 Å². The molecule has 1 saturated heterocycles. The molecule has 1 aliphatic carbocycles. The van der Waals surface area contributed by atoms with Crippen molar-refractivity contribution in [1.29, 1.82) is 0 Å². The van der Waals surface area contributed by atoms with Crippen LogP contribution in [0.1, 0.15) is 45.4 Å². The van der Waals surface area contributed by atoms with Crippen molar-refractivity contribution in [3.63, 3.8) is 0 Å². The van der Waals surface area contributed by atoms with Gasteiger partial charge >= 0.3 is 0 Å². The van der Waals surface area contributed by atoms with Crippen molar-refractivity contribution in [3.8, 4) is 0 Å². The van der Waals surface area contributed by atoms with Crippen molar-refractivity contribution < 1.29 is 4.74 Å². The first kappa shape index (κ1) is 8.55. The summed E-state index contributed by atoms with van der Waals surface area (Å²) in [7, 11) is 0. The molecule has 0 N–H and O–H groups in total. The highest BCUT2D eigenvalue weighted by Crippen LogP contribution is 2.44. The Morgan fingerprint density at radius 2 is 2.08 bits per heavy atom. The summed E-state index contributed by atoms with van der Waals surface area (Å²) >= 11 is 0. The zero-order chi connectivity index (χ0) is 8.39. The molecule has 2 rings (SSSR count). The average Bonchev–Trinajstić information content (AvgIpc) is 2.75. The molecular formula is C11H20O. The van der Waals surface area contributed by atoms with Crippen LogP contribution in [0.2, 0.25) is 0 Å². The molecular weight excluding hydrogens is 148 g/mol. The molecule has 0 radical (unpaired) electrons. The first-order valence-corrected chi connectivity index (χ1v) is 5.53. The van der Waals surface area contributed by atoms with E-state index in [4.69, 9.17) is 4.74 Å². The first-order valence-electron chi connectivity index (χ1n) is 5.53. The van der Waals surface area contributed by atoms with E-state index in [1.54, 1.807) is 0 Å². The Hall–Kier alpha value is -0.0400. The lowest BCUT2D eigenvalue weighted by atomic mass is 9.87. The summed E-state index contributed by atoms with van der Waals surface area (Å²) in [5, 5.41) is 0. The Balaban J connectivity index is 1.75. The maximum absolute atomic E-state index is 5.59. The lowest BCUT2D eigenvalue weighted by Crippen LogP contribution is -2.35. The minimum absolute atomic E-state index is 0.657. The summed E-state index contributed by atoms with van der Waals surface area (Å²) in [4.78, 5) is 0. The number of hydrogen-bond donors (Lipinski definition) is 0. The molecule has 0 aromatic rings. The Morgan fingerprint density at radius 3 is 2.50 bits per heavy atom. The minimum Gasteiger partial charge on any atom is -0.378 e. The van der Waals surface area contributed by atoms with Gasteiger partial charge in [-0.15, -0.1) is 0 Å². The van der Waals surface area contributed by atoms with Gasteiger partial charge < -0.3 is 4.74 Å². The van der Waals surface area contributed by atoms with Gasteiger partial charge in [0.15, 0.2) is 0 Å². The van der Waals surface area contributed by atoms with E-state index in [2.05, 4.69) is 6.92 Å². The van der Waals surface area contributed by atoms with Gasteiger partial charge in [0.05, 0.1) is 6.10 Å². The van der Waals surface area contributed by atoms with Crippen LogP contribution in [-0.4, -0.2) is 12.7 Å². The Bertz CT molecular complexity index is 136. The summed E-state index contributed by atoms with van der Waals surface area (Å²) in [6.45, 7) is 3.31. The zero-order valence-corrected chi connectivity index (χ0v) is 8.09. The predicted octanol–water partition coefficient (Wildman–Crippen LogP) is 2.99. The molecule has 2 fully saturated rings. The van der Waals surface area contributed by atoms with E-state index in [0.29, 0.717) is 6.10 Å². The highest BCUT2D eigenvalue weighted by molar-refractivity contribution is 4.88. The predicted molar refractivity (Wildman–Crippen MR) is 50.1 cm³/mol. The van der Waals surface area contributed by atoms with Crippen molar-refractivity contribution in [3.05, 3.63) is 0 Å². The van der Waals surface area contributed by atoms with Gasteiger partial charge in [-0.2, -0.15) is 0 Å². The van der Waals surface area contributed by atoms with Crippen LogP contribution < -0.4 is 0 Å². The first-order chi connectivity index (χ1) is 5.92. The summed E-state index contributed by atoms with van der Waals surface area (Å²) in [5.74, 6) is 1.97. The van der Waals surface area contributed by atoms with Gasteiger partial charge in [-0.05, 0) is 37.5 Å². The van der Waals surface area contributed by atoms with Crippen LogP contribution >= 0.6 is 0 Å². The fourth-order valence-corrected chi connectivity index (χ4v) is 2.28. The van der Waals surface area contributed by atoms with Crippen LogP contribution in [0.3, 0.4) is 0 Å². The molecule has 0 bridgehead atoms. The molecule has 1 heterocycles. The summed E-state index contributed by atoms with van der Waals surface area (Å²) in [5.41, 5.74) is 0. The van der Waals surface area contributed by atoms with Gasteiger partial charge in [0, 0.05) is 6.61 Å². The van der Waals surface area contributed by atoms with Crippen molar-refractivity contribution in [2.24, 2.45) is 11.8 Å². The smallest absolute Gasteiger partial charge is 0.0627 e.